The van der Waals surface area contributed by atoms with E-state index in [-0.39, 0.29) is 42.1 Å². The Morgan fingerprint density at radius 1 is 1.20 bits per heavy atom. The fourth-order valence-electron chi connectivity index (χ4n) is 3.10. The number of rotatable bonds is 10. The molecule has 2 rings (SSSR count). The van der Waals surface area contributed by atoms with Gasteiger partial charge in [-0.2, -0.15) is 0 Å². The van der Waals surface area contributed by atoms with Gasteiger partial charge in [-0.3, -0.25) is 19.7 Å². The van der Waals surface area contributed by atoms with Gasteiger partial charge in [-0.25, -0.2) is 0 Å². The number of nitro groups is 1. The minimum absolute atomic E-state index is 0.0939. The van der Waals surface area contributed by atoms with Crippen LogP contribution in [0.15, 0.2) is 55.3 Å². The molecule has 0 saturated heterocycles. The number of hydrogen-bond donors (Lipinski definition) is 0. The van der Waals surface area contributed by atoms with E-state index in [1.54, 1.807) is 11.0 Å². The van der Waals surface area contributed by atoms with Gasteiger partial charge in [-0.05, 0) is 30.2 Å². The number of hydrogen-bond acceptors (Lipinski definition) is 4. The molecule has 8 heteroatoms. The van der Waals surface area contributed by atoms with Crippen molar-refractivity contribution < 1.29 is 14.5 Å². The molecule has 0 aliphatic rings. The maximum absolute atomic E-state index is 13.1. The summed E-state index contributed by atoms with van der Waals surface area (Å²) in [5, 5.41) is 10.8. The van der Waals surface area contributed by atoms with Crippen LogP contribution < -0.4 is 0 Å². The molecule has 0 N–H and O–H groups in total. The quantitative estimate of drug-likeness (QED) is 0.340. The first kappa shape index (κ1) is 22.9. The molecule has 0 saturated carbocycles. The molecule has 0 radical (unpaired) electrons. The molecule has 0 unspecified atom stereocenters. The number of amides is 2. The van der Waals surface area contributed by atoms with Crippen LogP contribution in [0.2, 0.25) is 0 Å². The van der Waals surface area contributed by atoms with Crippen molar-refractivity contribution in [2.45, 2.75) is 20.4 Å². The highest BCUT2D eigenvalue weighted by Gasteiger charge is 2.23. The van der Waals surface area contributed by atoms with Gasteiger partial charge in [0, 0.05) is 49.7 Å². The Hall–Kier alpha value is -3.42. The number of aryl methyl sites for hydroxylation is 1. The molecule has 1 aromatic carbocycles. The standard InChI is InChI=1S/C22H28N4O4/c1-5-12-24(22(28)18-8-10-19(11-9-18)26(29)30)16-21(27)25(14-17(2)3)15-20-7-6-13-23(20)4/h5-11,13,17H,1,12,14-16H2,2-4H3. The van der Waals surface area contributed by atoms with Crippen LogP contribution in [-0.2, 0) is 18.4 Å². The average Bonchev–Trinajstić information content (AvgIpc) is 3.10. The van der Waals surface area contributed by atoms with E-state index in [2.05, 4.69) is 6.58 Å². The van der Waals surface area contributed by atoms with Crippen molar-refractivity contribution in [1.29, 1.82) is 0 Å². The summed E-state index contributed by atoms with van der Waals surface area (Å²) in [6, 6.07) is 9.25. The van der Waals surface area contributed by atoms with Gasteiger partial charge in [0.05, 0.1) is 11.5 Å². The third-order valence-corrected chi connectivity index (χ3v) is 4.63. The lowest BCUT2D eigenvalue weighted by Crippen LogP contribution is -2.44. The normalized spacial score (nSPS) is 10.7. The fourth-order valence-corrected chi connectivity index (χ4v) is 3.10. The molecule has 0 aliphatic carbocycles. The van der Waals surface area contributed by atoms with Crippen molar-refractivity contribution in [1.82, 2.24) is 14.4 Å². The summed E-state index contributed by atoms with van der Waals surface area (Å²) in [7, 11) is 1.93. The van der Waals surface area contributed by atoms with Crippen molar-refractivity contribution in [2.24, 2.45) is 13.0 Å². The van der Waals surface area contributed by atoms with E-state index in [9.17, 15) is 19.7 Å². The second-order valence-corrected chi connectivity index (χ2v) is 7.56. The Kier molecular flexibility index (Phi) is 7.91. The molecule has 0 atom stereocenters. The van der Waals surface area contributed by atoms with E-state index < -0.39 is 4.92 Å². The molecule has 30 heavy (non-hydrogen) atoms. The molecule has 0 aliphatic heterocycles. The number of nitrogens with zero attached hydrogens (tertiary/aromatic N) is 4. The number of aromatic nitrogens is 1. The summed E-state index contributed by atoms with van der Waals surface area (Å²) in [6.07, 6.45) is 3.48. The number of carbonyl (C=O) groups is 2. The number of non-ortho nitro benzene ring substituents is 1. The monoisotopic (exact) mass is 412 g/mol. The lowest BCUT2D eigenvalue weighted by Gasteiger charge is -2.28. The molecular formula is C22H28N4O4. The van der Waals surface area contributed by atoms with Gasteiger partial charge < -0.3 is 14.4 Å². The van der Waals surface area contributed by atoms with Gasteiger partial charge in [0.2, 0.25) is 5.91 Å². The largest absolute Gasteiger partial charge is 0.353 e. The molecule has 2 aromatic rings. The number of nitro benzene ring substituents is 1. The third kappa shape index (κ3) is 6.04. The zero-order chi connectivity index (χ0) is 22.3. The highest BCUT2D eigenvalue weighted by atomic mass is 16.6. The van der Waals surface area contributed by atoms with Crippen LogP contribution in [0.25, 0.3) is 0 Å². The van der Waals surface area contributed by atoms with Gasteiger partial charge in [-0.15, -0.1) is 6.58 Å². The highest BCUT2D eigenvalue weighted by molar-refractivity contribution is 5.96. The maximum atomic E-state index is 13.1. The van der Waals surface area contributed by atoms with E-state index in [0.717, 1.165) is 5.69 Å². The zero-order valence-corrected chi connectivity index (χ0v) is 17.7. The first-order valence-electron chi connectivity index (χ1n) is 9.75. The second-order valence-electron chi connectivity index (χ2n) is 7.56. The zero-order valence-electron chi connectivity index (χ0n) is 17.7. The molecule has 0 bridgehead atoms. The van der Waals surface area contributed by atoms with E-state index in [0.29, 0.717) is 13.1 Å². The van der Waals surface area contributed by atoms with Crippen molar-refractivity contribution in [2.75, 3.05) is 19.6 Å². The summed E-state index contributed by atoms with van der Waals surface area (Å²) in [6.45, 7) is 8.87. The van der Waals surface area contributed by atoms with Crippen LogP contribution in [0.1, 0.15) is 29.9 Å². The van der Waals surface area contributed by atoms with Crippen molar-refractivity contribution in [3.63, 3.8) is 0 Å². The predicted molar refractivity (Wildman–Crippen MR) is 115 cm³/mol. The summed E-state index contributed by atoms with van der Waals surface area (Å²) in [5.41, 5.74) is 1.19. The molecule has 160 valence electrons. The van der Waals surface area contributed by atoms with Crippen molar-refractivity contribution in [3.8, 4) is 0 Å². The highest BCUT2D eigenvalue weighted by Crippen LogP contribution is 2.15. The lowest BCUT2D eigenvalue weighted by atomic mass is 10.1. The SMILES string of the molecule is C=CCN(CC(=O)N(Cc1cccn1C)CC(C)C)C(=O)c1ccc([N+](=O)[O-])cc1. The van der Waals surface area contributed by atoms with E-state index in [1.165, 1.54) is 29.2 Å². The smallest absolute Gasteiger partial charge is 0.269 e. The molecule has 0 fully saturated rings. The Balaban J connectivity index is 2.17. The molecule has 2 amide bonds. The molecular weight excluding hydrogens is 384 g/mol. The van der Waals surface area contributed by atoms with Gasteiger partial charge in [0.1, 0.15) is 6.54 Å². The molecule has 8 nitrogen and oxygen atoms in total. The Morgan fingerprint density at radius 3 is 2.37 bits per heavy atom. The van der Waals surface area contributed by atoms with Gasteiger partial charge in [0.25, 0.3) is 11.6 Å². The second kappa shape index (κ2) is 10.4. The summed E-state index contributed by atoms with van der Waals surface area (Å²) in [4.78, 5) is 39.4. The van der Waals surface area contributed by atoms with Crippen molar-refractivity contribution >= 4 is 17.5 Å². The van der Waals surface area contributed by atoms with Gasteiger partial charge in [-0.1, -0.05) is 19.9 Å². The summed E-state index contributed by atoms with van der Waals surface area (Å²) in [5.74, 6) is -0.268. The first-order valence-corrected chi connectivity index (χ1v) is 9.75. The van der Waals surface area contributed by atoms with E-state index in [4.69, 9.17) is 0 Å². The summed E-state index contributed by atoms with van der Waals surface area (Å²) >= 11 is 0. The lowest BCUT2D eigenvalue weighted by molar-refractivity contribution is -0.384. The number of carbonyl (C=O) groups excluding carboxylic acids is 2. The van der Waals surface area contributed by atoms with Gasteiger partial charge in [0.15, 0.2) is 0 Å². The van der Waals surface area contributed by atoms with Crippen LogP contribution in [0.4, 0.5) is 5.69 Å². The fraction of sp³-hybridized carbons (Fsp3) is 0.364. The first-order chi connectivity index (χ1) is 14.2. The van der Waals surface area contributed by atoms with E-state index >= 15 is 0 Å². The topological polar surface area (TPSA) is 88.7 Å². The minimum Gasteiger partial charge on any atom is -0.353 e. The van der Waals surface area contributed by atoms with Gasteiger partial charge >= 0.3 is 0 Å². The molecule has 0 spiro atoms. The van der Waals surface area contributed by atoms with Crippen LogP contribution in [0.3, 0.4) is 0 Å². The molecule has 1 heterocycles. The minimum atomic E-state index is -0.521. The Labute approximate surface area is 176 Å². The van der Waals surface area contributed by atoms with Crippen LogP contribution in [0, 0.1) is 16.0 Å². The van der Waals surface area contributed by atoms with Crippen LogP contribution in [0.5, 0.6) is 0 Å². The maximum Gasteiger partial charge on any atom is 0.269 e. The van der Waals surface area contributed by atoms with E-state index in [1.807, 2.05) is 43.8 Å². The molecule has 1 aromatic heterocycles. The Bertz CT molecular complexity index is 902. The Morgan fingerprint density at radius 2 is 1.87 bits per heavy atom. The summed E-state index contributed by atoms with van der Waals surface area (Å²) < 4.78 is 1.96. The third-order valence-electron chi connectivity index (χ3n) is 4.63. The predicted octanol–water partition coefficient (Wildman–Crippen LogP) is 3.25. The van der Waals surface area contributed by atoms with Crippen LogP contribution >= 0.6 is 0 Å². The number of benzene rings is 1. The van der Waals surface area contributed by atoms with Crippen LogP contribution in [-0.4, -0.2) is 50.7 Å². The average molecular weight is 412 g/mol. The van der Waals surface area contributed by atoms with Crippen molar-refractivity contribution in [3.05, 3.63) is 76.6 Å².